The summed E-state index contributed by atoms with van der Waals surface area (Å²) in [6.07, 6.45) is 17.3. The highest BCUT2D eigenvalue weighted by Gasteiger charge is 2.42. The maximum Gasteiger partial charge on any atom is 0.223 e. The van der Waals surface area contributed by atoms with E-state index in [2.05, 4.69) is 12.2 Å². The normalized spacial score (nSPS) is 27.2. The Balaban J connectivity index is 1.39. The summed E-state index contributed by atoms with van der Waals surface area (Å²) in [6, 6.07) is 0. The van der Waals surface area contributed by atoms with Gasteiger partial charge in [0.2, 0.25) is 5.91 Å². The topological polar surface area (TPSA) is 29.1 Å². The van der Waals surface area contributed by atoms with Crippen molar-refractivity contribution in [1.29, 1.82) is 0 Å². The Bertz CT molecular complexity index is 302. The van der Waals surface area contributed by atoms with Gasteiger partial charge in [-0.05, 0) is 37.5 Å². The molecule has 2 fully saturated rings. The number of unbranched alkanes of at least 4 members (excludes halogenated alkanes) is 8. The van der Waals surface area contributed by atoms with E-state index in [-0.39, 0.29) is 0 Å². The van der Waals surface area contributed by atoms with Crippen molar-refractivity contribution in [2.75, 3.05) is 6.54 Å². The molecule has 0 radical (unpaired) electrons. The van der Waals surface area contributed by atoms with Crippen LogP contribution in [-0.4, -0.2) is 12.5 Å². The summed E-state index contributed by atoms with van der Waals surface area (Å²) in [7, 11) is 0. The third-order valence-corrected chi connectivity index (χ3v) is 5.65. The van der Waals surface area contributed by atoms with Crippen LogP contribution in [0.25, 0.3) is 0 Å². The van der Waals surface area contributed by atoms with Crippen molar-refractivity contribution in [1.82, 2.24) is 5.32 Å². The SMILES string of the molecule is CCCCCCCCCCCNC(=O)C1CC2CCC1C2. The average Bonchev–Trinajstić information content (AvgIpc) is 3.12. The molecule has 0 aromatic heterocycles. The molecule has 3 unspecified atom stereocenters. The second kappa shape index (κ2) is 9.48. The van der Waals surface area contributed by atoms with E-state index in [0.717, 1.165) is 18.4 Å². The molecule has 1 N–H and O–H groups in total. The zero-order valence-corrected chi connectivity index (χ0v) is 14.0. The molecule has 21 heavy (non-hydrogen) atoms. The highest BCUT2D eigenvalue weighted by Crippen LogP contribution is 2.48. The minimum atomic E-state index is 0.363. The van der Waals surface area contributed by atoms with Crippen LogP contribution in [0.2, 0.25) is 0 Å². The summed E-state index contributed by atoms with van der Waals surface area (Å²) < 4.78 is 0. The van der Waals surface area contributed by atoms with E-state index in [0.29, 0.717) is 11.8 Å². The van der Waals surface area contributed by atoms with E-state index in [9.17, 15) is 4.79 Å². The monoisotopic (exact) mass is 293 g/mol. The van der Waals surface area contributed by atoms with Crippen molar-refractivity contribution in [3.05, 3.63) is 0 Å². The van der Waals surface area contributed by atoms with Crippen LogP contribution in [0, 0.1) is 17.8 Å². The summed E-state index contributed by atoms with van der Waals surface area (Å²) in [5.74, 6) is 2.32. The number of carbonyl (C=O) groups is 1. The van der Waals surface area contributed by atoms with E-state index in [1.165, 1.54) is 83.5 Å². The molecular formula is C19H35NO. The van der Waals surface area contributed by atoms with E-state index in [1.54, 1.807) is 0 Å². The van der Waals surface area contributed by atoms with Crippen molar-refractivity contribution < 1.29 is 4.79 Å². The zero-order valence-electron chi connectivity index (χ0n) is 14.0. The first-order valence-electron chi connectivity index (χ1n) is 9.59. The Morgan fingerprint density at radius 3 is 2.14 bits per heavy atom. The molecule has 2 bridgehead atoms. The Hall–Kier alpha value is -0.530. The number of hydrogen-bond donors (Lipinski definition) is 1. The van der Waals surface area contributed by atoms with E-state index in [4.69, 9.17) is 0 Å². The fourth-order valence-corrected chi connectivity index (χ4v) is 4.34. The molecule has 0 spiro atoms. The van der Waals surface area contributed by atoms with Crippen LogP contribution in [0.4, 0.5) is 0 Å². The van der Waals surface area contributed by atoms with Crippen molar-refractivity contribution in [2.24, 2.45) is 17.8 Å². The number of amides is 1. The van der Waals surface area contributed by atoms with Gasteiger partial charge in [-0.3, -0.25) is 4.79 Å². The van der Waals surface area contributed by atoms with Gasteiger partial charge >= 0.3 is 0 Å². The molecule has 2 nitrogen and oxygen atoms in total. The molecule has 0 aromatic carbocycles. The third kappa shape index (κ3) is 5.64. The maximum atomic E-state index is 12.2. The van der Waals surface area contributed by atoms with Gasteiger partial charge in [0.15, 0.2) is 0 Å². The standard InChI is InChI=1S/C19H35NO/c1-2-3-4-5-6-7-8-9-10-13-20-19(21)18-15-16-11-12-17(18)14-16/h16-18H,2-15H2,1H3,(H,20,21). The van der Waals surface area contributed by atoms with Gasteiger partial charge in [0.25, 0.3) is 0 Å². The van der Waals surface area contributed by atoms with E-state index < -0.39 is 0 Å². The summed E-state index contributed by atoms with van der Waals surface area (Å²) in [4.78, 5) is 12.2. The fourth-order valence-electron chi connectivity index (χ4n) is 4.34. The molecule has 3 atom stereocenters. The van der Waals surface area contributed by atoms with Gasteiger partial charge < -0.3 is 5.32 Å². The zero-order chi connectivity index (χ0) is 14.9. The lowest BCUT2D eigenvalue weighted by molar-refractivity contribution is -0.126. The van der Waals surface area contributed by atoms with Gasteiger partial charge in [-0.2, -0.15) is 0 Å². The molecule has 0 saturated heterocycles. The van der Waals surface area contributed by atoms with Crippen molar-refractivity contribution in [3.63, 3.8) is 0 Å². The predicted molar refractivity (Wildman–Crippen MR) is 89.2 cm³/mol. The molecule has 122 valence electrons. The first-order chi connectivity index (χ1) is 10.3. The highest BCUT2D eigenvalue weighted by molar-refractivity contribution is 5.79. The highest BCUT2D eigenvalue weighted by atomic mass is 16.1. The maximum absolute atomic E-state index is 12.2. The lowest BCUT2D eigenvalue weighted by Gasteiger charge is -2.20. The van der Waals surface area contributed by atoms with Gasteiger partial charge in [-0.1, -0.05) is 64.7 Å². The number of rotatable bonds is 11. The lowest BCUT2D eigenvalue weighted by Crippen LogP contribution is -2.34. The summed E-state index contributed by atoms with van der Waals surface area (Å²) in [5.41, 5.74) is 0. The predicted octanol–water partition coefficient (Wildman–Crippen LogP) is 5.07. The van der Waals surface area contributed by atoms with Gasteiger partial charge in [0.1, 0.15) is 0 Å². The van der Waals surface area contributed by atoms with Crippen LogP contribution in [0.1, 0.15) is 90.4 Å². The molecule has 2 saturated carbocycles. The van der Waals surface area contributed by atoms with Gasteiger partial charge in [0, 0.05) is 12.5 Å². The van der Waals surface area contributed by atoms with Crippen LogP contribution in [-0.2, 0) is 4.79 Å². The Labute approximate surface area is 131 Å². The third-order valence-electron chi connectivity index (χ3n) is 5.65. The van der Waals surface area contributed by atoms with Crippen molar-refractivity contribution in [3.8, 4) is 0 Å². The van der Waals surface area contributed by atoms with Gasteiger partial charge in [0.05, 0.1) is 0 Å². The number of hydrogen-bond acceptors (Lipinski definition) is 1. The van der Waals surface area contributed by atoms with E-state index in [1.807, 2.05) is 0 Å². The second-order valence-corrected chi connectivity index (χ2v) is 7.40. The molecule has 2 aliphatic rings. The molecular weight excluding hydrogens is 258 g/mol. The average molecular weight is 293 g/mol. The number of nitrogens with one attached hydrogen (secondary N) is 1. The minimum Gasteiger partial charge on any atom is -0.356 e. The van der Waals surface area contributed by atoms with Gasteiger partial charge in [-0.15, -0.1) is 0 Å². The van der Waals surface area contributed by atoms with Crippen molar-refractivity contribution in [2.45, 2.75) is 90.4 Å². The summed E-state index contributed by atoms with van der Waals surface area (Å²) in [6.45, 7) is 3.17. The van der Waals surface area contributed by atoms with Crippen molar-refractivity contribution >= 4 is 5.91 Å². The smallest absolute Gasteiger partial charge is 0.223 e. The molecule has 2 aliphatic carbocycles. The molecule has 2 heteroatoms. The Morgan fingerprint density at radius 1 is 0.905 bits per heavy atom. The first-order valence-corrected chi connectivity index (χ1v) is 9.59. The molecule has 1 amide bonds. The summed E-state index contributed by atoms with van der Waals surface area (Å²) in [5, 5.41) is 3.19. The number of fused-ring (bicyclic) bond motifs is 2. The molecule has 0 heterocycles. The lowest BCUT2D eigenvalue weighted by atomic mass is 9.88. The van der Waals surface area contributed by atoms with Crippen LogP contribution < -0.4 is 5.32 Å². The van der Waals surface area contributed by atoms with Crippen LogP contribution in [0.3, 0.4) is 0 Å². The fraction of sp³-hybridized carbons (Fsp3) is 0.947. The quantitative estimate of drug-likeness (QED) is 0.529. The summed E-state index contributed by atoms with van der Waals surface area (Å²) >= 11 is 0. The van der Waals surface area contributed by atoms with Crippen LogP contribution in [0.15, 0.2) is 0 Å². The largest absolute Gasteiger partial charge is 0.356 e. The first kappa shape index (κ1) is 16.8. The molecule has 2 rings (SSSR count). The Morgan fingerprint density at radius 2 is 1.57 bits per heavy atom. The minimum absolute atomic E-state index is 0.363. The second-order valence-electron chi connectivity index (χ2n) is 7.40. The van der Waals surface area contributed by atoms with Crippen LogP contribution in [0.5, 0.6) is 0 Å². The van der Waals surface area contributed by atoms with Crippen LogP contribution >= 0.6 is 0 Å². The van der Waals surface area contributed by atoms with E-state index >= 15 is 0 Å². The molecule has 0 aromatic rings. The molecule has 0 aliphatic heterocycles. The van der Waals surface area contributed by atoms with Gasteiger partial charge in [-0.25, -0.2) is 0 Å². The Kier molecular flexibility index (Phi) is 7.60. The number of carbonyl (C=O) groups excluding carboxylic acids is 1.